The molecule has 0 saturated carbocycles. The SMILES string of the molecule is CN(CCN1CCOCC1)c1ccc(C(=O)Cl)c([N+](=O)[O-])c1. The van der Waals surface area contributed by atoms with Crippen molar-refractivity contribution in [2.45, 2.75) is 0 Å². The molecule has 1 aliphatic rings. The van der Waals surface area contributed by atoms with Gasteiger partial charge in [0.05, 0.1) is 18.1 Å². The highest BCUT2D eigenvalue weighted by Gasteiger charge is 2.20. The summed E-state index contributed by atoms with van der Waals surface area (Å²) in [7, 11) is 1.86. The normalized spacial score (nSPS) is 15.5. The first kappa shape index (κ1) is 16.7. The van der Waals surface area contributed by atoms with Gasteiger partial charge in [0.15, 0.2) is 0 Å². The van der Waals surface area contributed by atoms with Crippen molar-refractivity contribution in [1.29, 1.82) is 0 Å². The van der Waals surface area contributed by atoms with E-state index in [0.717, 1.165) is 39.4 Å². The predicted octanol–water partition coefficient (Wildman–Crippen LogP) is 1.74. The fourth-order valence-electron chi connectivity index (χ4n) is 2.32. The van der Waals surface area contributed by atoms with Crippen molar-refractivity contribution in [1.82, 2.24) is 4.90 Å². The lowest BCUT2D eigenvalue weighted by Gasteiger charge is -2.29. The largest absolute Gasteiger partial charge is 0.379 e. The molecular formula is C14H18ClN3O4. The van der Waals surface area contributed by atoms with Gasteiger partial charge in [0.2, 0.25) is 0 Å². The van der Waals surface area contributed by atoms with Gasteiger partial charge in [-0.05, 0) is 23.7 Å². The van der Waals surface area contributed by atoms with Gasteiger partial charge in [-0.3, -0.25) is 19.8 Å². The Morgan fingerprint density at radius 1 is 1.45 bits per heavy atom. The van der Waals surface area contributed by atoms with Gasteiger partial charge < -0.3 is 9.64 Å². The van der Waals surface area contributed by atoms with Crippen LogP contribution in [0, 0.1) is 10.1 Å². The van der Waals surface area contributed by atoms with Crippen molar-refractivity contribution >= 4 is 28.2 Å². The fourth-order valence-corrected chi connectivity index (χ4v) is 2.48. The van der Waals surface area contributed by atoms with Crippen LogP contribution in [-0.2, 0) is 4.74 Å². The Balaban J connectivity index is 2.05. The molecule has 0 N–H and O–H groups in total. The second-order valence-electron chi connectivity index (χ2n) is 5.11. The zero-order valence-corrected chi connectivity index (χ0v) is 13.1. The van der Waals surface area contributed by atoms with Gasteiger partial charge in [0.1, 0.15) is 5.56 Å². The molecule has 2 rings (SSSR count). The molecular weight excluding hydrogens is 310 g/mol. The molecule has 1 aliphatic heterocycles. The molecule has 0 unspecified atom stereocenters. The number of nitrogens with zero attached hydrogens (tertiary/aromatic N) is 3. The van der Waals surface area contributed by atoms with Gasteiger partial charge in [-0.2, -0.15) is 0 Å². The van der Waals surface area contributed by atoms with Crippen LogP contribution in [-0.4, -0.2) is 61.5 Å². The topological polar surface area (TPSA) is 75.9 Å². The Morgan fingerprint density at radius 2 is 2.14 bits per heavy atom. The second kappa shape index (κ2) is 7.53. The Bertz CT molecular complexity index is 561. The summed E-state index contributed by atoms with van der Waals surface area (Å²) < 4.78 is 5.29. The summed E-state index contributed by atoms with van der Waals surface area (Å²) in [5, 5.41) is 10.2. The van der Waals surface area contributed by atoms with Gasteiger partial charge in [-0.1, -0.05) is 0 Å². The number of carbonyl (C=O) groups excluding carboxylic acids is 1. The Labute approximate surface area is 133 Å². The number of anilines is 1. The van der Waals surface area contributed by atoms with Crippen LogP contribution in [0.15, 0.2) is 18.2 Å². The third-order valence-corrected chi connectivity index (χ3v) is 3.89. The third-order valence-electron chi connectivity index (χ3n) is 3.69. The molecule has 22 heavy (non-hydrogen) atoms. The highest BCUT2D eigenvalue weighted by molar-refractivity contribution is 6.68. The van der Waals surface area contributed by atoms with E-state index >= 15 is 0 Å². The summed E-state index contributed by atoms with van der Waals surface area (Å²) in [4.78, 5) is 25.9. The van der Waals surface area contributed by atoms with E-state index in [9.17, 15) is 14.9 Å². The molecule has 1 aromatic carbocycles. The maximum absolute atomic E-state index is 11.2. The summed E-state index contributed by atoms with van der Waals surface area (Å²) in [5.74, 6) is 0. The third kappa shape index (κ3) is 4.16. The van der Waals surface area contributed by atoms with Crippen LogP contribution in [0.1, 0.15) is 10.4 Å². The lowest BCUT2D eigenvalue weighted by Crippen LogP contribution is -2.40. The molecule has 0 amide bonds. The van der Waals surface area contributed by atoms with Crippen molar-refractivity contribution in [3.63, 3.8) is 0 Å². The minimum Gasteiger partial charge on any atom is -0.379 e. The zero-order valence-electron chi connectivity index (χ0n) is 12.3. The predicted molar refractivity (Wildman–Crippen MR) is 83.8 cm³/mol. The van der Waals surface area contributed by atoms with E-state index in [4.69, 9.17) is 16.3 Å². The van der Waals surface area contributed by atoms with Crippen LogP contribution in [0.5, 0.6) is 0 Å². The maximum Gasteiger partial charge on any atom is 0.283 e. The molecule has 0 radical (unpaired) electrons. The first-order valence-electron chi connectivity index (χ1n) is 6.98. The highest BCUT2D eigenvalue weighted by Crippen LogP contribution is 2.26. The van der Waals surface area contributed by atoms with Gasteiger partial charge >= 0.3 is 0 Å². The molecule has 1 fully saturated rings. The summed E-state index contributed by atoms with van der Waals surface area (Å²) in [5.41, 5.74) is 0.328. The van der Waals surface area contributed by atoms with E-state index in [2.05, 4.69) is 4.90 Å². The van der Waals surface area contributed by atoms with E-state index in [1.54, 1.807) is 6.07 Å². The minimum atomic E-state index is -0.825. The van der Waals surface area contributed by atoms with E-state index in [0.29, 0.717) is 5.69 Å². The van der Waals surface area contributed by atoms with Crippen molar-refractivity contribution < 1.29 is 14.5 Å². The van der Waals surface area contributed by atoms with E-state index in [-0.39, 0.29) is 11.3 Å². The standard InChI is InChI=1S/C14H18ClN3O4/c1-16(4-5-17-6-8-22-9-7-17)11-2-3-12(14(15)19)13(10-11)18(20)21/h2-3,10H,4-9H2,1H3. The van der Waals surface area contributed by atoms with Gasteiger partial charge in [0, 0.05) is 45.0 Å². The number of halogens is 1. The number of hydrogen-bond acceptors (Lipinski definition) is 6. The van der Waals surface area contributed by atoms with Crippen LogP contribution >= 0.6 is 11.6 Å². The highest BCUT2D eigenvalue weighted by atomic mass is 35.5. The Hall–Kier alpha value is -1.70. The van der Waals surface area contributed by atoms with Crippen molar-refractivity contribution in [3.05, 3.63) is 33.9 Å². The molecule has 8 heteroatoms. The zero-order chi connectivity index (χ0) is 16.1. The average Bonchev–Trinajstić information content (AvgIpc) is 2.52. The number of rotatable bonds is 6. The molecule has 0 bridgehead atoms. The summed E-state index contributed by atoms with van der Waals surface area (Å²) in [6.07, 6.45) is 0. The van der Waals surface area contributed by atoms with Crippen LogP contribution in [0.2, 0.25) is 0 Å². The number of nitro benzene ring substituents is 1. The quantitative estimate of drug-likeness (QED) is 0.450. The first-order chi connectivity index (χ1) is 10.5. The number of nitro groups is 1. The Kier molecular flexibility index (Phi) is 5.70. The smallest absolute Gasteiger partial charge is 0.283 e. The number of morpholine rings is 1. The molecule has 0 aliphatic carbocycles. The molecule has 0 spiro atoms. The average molecular weight is 328 g/mol. The van der Waals surface area contributed by atoms with Gasteiger partial charge in [0.25, 0.3) is 10.9 Å². The number of likely N-dealkylation sites (N-methyl/N-ethyl adjacent to an activating group) is 1. The molecule has 7 nitrogen and oxygen atoms in total. The fraction of sp³-hybridized carbons (Fsp3) is 0.500. The van der Waals surface area contributed by atoms with Crippen LogP contribution in [0.25, 0.3) is 0 Å². The molecule has 120 valence electrons. The summed E-state index contributed by atoms with van der Waals surface area (Å²) in [6, 6.07) is 4.45. The summed E-state index contributed by atoms with van der Waals surface area (Å²) in [6.45, 7) is 4.85. The lowest BCUT2D eigenvalue weighted by molar-refractivity contribution is -0.385. The number of carbonyl (C=O) groups is 1. The van der Waals surface area contributed by atoms with Gasteiger partial charge in [-0.25, -0.2) is 0 Å². The lowest BCUT2D eigenvalue weighted by atomic mass is 10.1. The van der Waals surface area contributed by atoms with Crippen LogP contribution < -0.4 is 4.90 Å². The first-order valence-corrected chi connectivity index (χ1v) is 7.36. The van der Waals surface area contributed by atoms with Crippen molar-refractivity contribution in [2.24, 2.45) is 0 Å². The number of benzene rings is 1. The summed E-state index contributed by atoms with van der Waals surface area (Å²) >= 11 is 5.37. The van der Waals surface area contributed by atoms with E-state index in [1.807, 2.05) is 11.9 Å². The van der Waals surface area contributed by atoms with Gasteiger partial charge in [-0.15, -0.1) is 0 Å². The molecule has 0 aromatic heterocycles. The molecule has 1 heterocycles. The van der Waals surface area contributed by atoms with Crippen molar-refractivity contribution in [3.8, 4) is 0 Å². The maximum atomic E-state index is 11.2. The van der Waals surface area contributed by atoms with Crippen LogP contribution in [0.4, 0.5) is 11.4 Å². The van der Waals surface area contributed by atoms with E-state index in [1.165, 1.54) is 12.1 Å². The Morgan fingerprint density at radius 3 is 2.73 bits per heavy atom. The van der Waals surface area contributed by atoms with E-state index < -0.39 is 10.2 Å². The van der Waals surface area contributed by atoms with Crippen LogP contribution in [0.3, 0.4) is 0 Å². The molecule has 1 saturated heterocycles. The second-order valence-corrected chi connectivity index (χ2v) is 5.45. The monoisotopic (exact) mass is 327 g/mol. The number of hydrogen-bond donors (Lipinski definition) is 0. The molecule has 0 atom stereocenters. The molecule has 1 aromatic rings. The van der Waals surface area contributed by atoms with Crippen molar-refractivity contribution in [2.75, 3.05) is 51.3 Å². The minimum absolute atomic E-state index is 0.0861. The number of ether oxygens (including phenoxy) is 1.